The Morgan fingerprint density at radius 2 is 0.956 bits per heavy atom. The fraction of sp³-hybridized carbons (Fsp3) is 0. The van der Waals surface area contributed by atoms with E-state index < -0.39 is 0 Å². The van der Waals surface area contributed by atoms with Crippen LogP contribution in [0.1, 0.15) is 0 Å². The first-order valence-corrected chi connectivity index (χ1v) is 15.5. The van der Waals surface area contributed by atoms with Crippen LogP contribution in [-0.4, -0.2) is 9.38 Å². The van der Waals surface area contributed by atoms with Gasteiger partial charge >= 0.3 is 0 Å². The standard InChI is InChI=1S/C43H26N2/c1-2-14-29-27(12-1)13-11-21-31(29)42-34-18-6-4-16-32(34)41(33-17-5-7-19-35(33)42)28-24-25-39-37(26-28)30-15-3-8-20-36(30)43-44-38-22-9-10-23-40(38)45(39)43/h1-26H. The first-order chi connectivity index (χ1) is 22.3. The minimum Gasteiger partial charge on any atom is -0.292 e. The van der Waals surface area contributed by atoms with Crippen LogP contribution in [0.25, 0.3) is 92.9 Å². The van der Waals surface area contributed by atoms with Crippen LogP contribution in [0.5, 0.6) is 0 Å². The van der Waals surface area contributed by atoms with Crippen molar-refractivity contribution in [2.45, 2.75) is 0 Å². The zero-order valence-corrected chi connectivity index (χ0v) is 24.4. The second kappa shape index (κ2) is 9.25. The summed E-state index contributed by atoms with van der Waals surface area (Å²) in [4.78, 5) is 5.08. The van der Waals surface area contributed by atoms with Crippen molar-refractivity contribution in [3.63, 3.8) is 0 Å². The van der Waals surface area contributed by atoms with Gasteiger partial charge in [0.25, 0.3) is 0 Å². The molecule has 2 heterocycles. The number of hydrogen-bond acceptors (Lipinski definition) is 1. The summed E-state index contributed by atoms with van der Waals surface area (Å²) in [5.74, 6) is 0. The molecule has 0 amide bonds. The molecule has 208 valence electrons. The molecule has 2 aromatic heterocycles. The molecule has 8 aromatic carbocycles. The molecule has 0 radical (unpaired) electrons. The summed E-state index contributed by atoms with van der Waals surface area (Å²) in [6.07, 6.45) is 0. The predicted molar refractivity (Wildman–Crippen MR) is 191 cm³/mol. The van der Waals surface area contributed by atoms with Gasteiger partial charge in [-0.1, -0.05) is 133 Å². The number of aromatic nitrogens is 2. The van der Waals surface area contributed by atoms with E-state index in [0.29, 0.717) is 0 Å². The number of fused-ring (bicyclic) bond motifs is 11. The van der Waals surface area contributed by atoms with E-state index in [4.69, 9.17) is 4.98 Å². The third-order valence-corrected chi connectivity index (χ3v) is 9.54. The maximum absolute atomic E-state index is 5.08. The highest BCUT2D eigenvalue weighted by Crippen LogP contribution is 2.46. The number of para-hydroxylation sites is 2. The van der Waals surface area contributed by atoms with E-state index in [9.17, 15) is 0 Å². The zero-order valence-electron chi connectivity index (χ0n) is 24.4. The monoisotopic (exact) mass is 570 g/mol. The number of pyridine rings is 1. The Labute approximate surface area is 259 Å². The Hall–Kier alpha value is -5.99. The van der Waals surface area contributed by atoms with Crippen molar-refractivity contribution in [3.8, 4) is 22.3 Å². The van der Waals surface area contributed by atoms with E-state index in [-0.39, 0.29) is 0 Å². The Bertz CT molecular complexity index is 2760. The van der Waals surface area contributed by atoms with Crippen molar-refractivity contribution in [1.29, 1.82) is 0 Å². The molecule has 0 fully saturated rings. The third kappa shape index (κ3) is 3.42. The molecule has 0 aliphatic rings. The summed E-state index contributed by atoms with van der Waals surface area (Å²) >= 11 is 0. The Morgan fingerprint density at radius 1 is 0.378 bits per heavy atom. The molecular weight excluding hydrogens is 544 g/mol. The molecule has 0 spiro atoms. The topological polar surface area (TPSA) is 17.3 Å². The molecule has 0 aliphatic carbocycles. The molecular formula is C43H26N2. The van der Waals surface area contributed by atoms with Gasteiger partial charge in [-0.05, 0) is 84.2 Å². The lowest BCUT2D eigenvalue weighted by atomic mass is 9.84. The van der Waals surface area contributed by atoms with E-state index in [1.807, 2.05) is 0 Å². The van der Waals surface area contributed by atoms with Crippen molar-refractivity contribution < 1.29 is 0 Å². The van der Waals surface area contributed by atoms with Crippen molar-refractivity contribution in [1.82, 2.24) is 9.38 Å². The van der Waals surface area contributed by atoms with Crippen molar-refractivity contribution in [2.75, 3.05) is 0 Å². The normalized spacial score (nSPS) is 12.0. The quantitative estimate of drug-likeness (QED) is 0.149. The van der Waals surface area contributed by atoms with E-state index >= 15 is 0 Å². The average Bonchev–Trinajstić information content (AvgIpc) is 3.50. The van der Waals surface area contributed by atoms with Crippen LogP contribution in [0, 0.1) is 0 Å². The first kappa shape index (κ1) is 24.5. The van der Waals surface area contributed by atoms with Gasteiger partial charge in [0.1, 0.15) is 5.65 Å². The molecule has 2 nitrogen and oxygen atoms in total. The molecule has 0 aliphatic heterocycles. The van der Waals surface area contributed by atoms with Crippen molar-refractivity contribution in [2.24, 2.45) is 0 Å². The lowest BCUT2D eigenvalue weighted by Crippen LogP contribution is -1.94. The van der Waals surface area contributed by atoms with E-state index in [1.165, 1.54) is 76.2 Å². The molecule has 2 heteroatoms. The second-order valence-corrected chi connectivity index (χ2v) is 11.9. The van der Waals surface area contributed by atoms with Crippen molar-refractivity contribution >= 4 is 70.7 Å². The molecule has 0 saturated heterocycles. The largest absolute Gasteiger partial charge is 0.292 e. The summed E-state index contributed by atoms with van der Waals surface area (Å²) < 4.78 is 2.33. The fourth-order valence-corrected chi connectivity index (χ4v) is 7.64. The highest BCUT2D eigenvalue weighted by atomic mass is 15.0. The molecule has 10 rings (SSSR count). The Kier molecular flexibility index (Phi) is 5.03. The van der Waals surface area contributed by atoms with E-state index in [1.54, 1.807) is 0 Å². The van der Waals surface area contributed by atoms with Crippen LogP contribution < -0.4 is 0 Å². The smallest absolute Gasteiger partial charge is 0.146 e. The highest BCUT2D eigenvalue weighted by molar-refractivity contribution is 6.24. The molecule has 0 N–H and O–H groups in total. The Balaban J connectivity index is 1.35. The number of benzene rings is 8. The summed E-state index contributed by atoms with van der Waals surface area (Å²) in [7, 11) is 0. The minimum absolute atomic E-state index is 1.00. The highest BCUT2D eigenvalue weighted by Gasteiger charge is 2.19. The van der Waals surface area contributed by atoms with E-state index in [2.05, 4.69) is 162 Å². The summed E-state index contributed by atoms with van der Waals surface area (Å²) in [5.41, 5.74) is 9.36. The van der Waals surface area contributed by atoms with Gasteiger partial charge in [0, 0.05) is 10.8 Å². The van der Waals surface area contributed by atoms with Gasteiger partial charge in [-0.25, -0.2) is 4.98 Å². The van der Waals surface area contributed by atoms with Crippen LogP contribution in [0.2, 0.25) is 0 Å². The summed E-state index contributed by atoms with van der Waals surface area (Å²) in [6.45, 7) is 0. The molecule has 0 unspecified atom stereocenters. The van der Waals surface area contributed by atoms with Gasteiger partial charge in [-0.15, -0.1) is 0 Å². The maximum atomic E-state index is 5.08. The Morgan fingerprint density at radius 3 is 1.71 bits per heavy atom. The molecule has 10 aromatic rings. The number of nitrogens with zero attached hydrogens (tertiary/aromatic N) is 2. The molecule has 0 atom stereocenters. The molecule has 0 saturated carbocycles. The van der Waals surface area contributed by atoms with Crippen LogP contribution in [0.4, 0.5) is 0 Å². The van der Waals surface area contributed by atoms with Crippen LogP contribution in [0.15, 0.2) is 158 Å². The fourth-order valence-electron chi connectivity index (χ4n) is 7.64. The van der Waals surface area contributed by atoms with Gasteiger partial charge in [-0.2, -0.15) is 0 Å². The van der Waals surface area contributed by atoms with Crippen LogP contribution in [-0.2, 0) is 0 Å². The average molecular weight is 571 g/mol. The van der Waals surface area contributed by atoms with E-state index in [0.717, 1.165) is 16.7 Å². The number of rotatable bonds is 2. The van der Waals surface area contributed by atoms with Crippen molar-refractivity contribution in [3.05, 3.63) is 158 Å². The lowest BCUT2D eigenvalue weighted by molar-refractivity contribution is 1.31. The van der Waals surface area contributed by atoms with Crippen LogP contribution >= 0.6 is 0 Å². The summed E-state index contributed by atoms with van der Waals surface area (Å²) in [5, 5.41) is 11.2. The van der Waals surface area contributed by atoms with Crippen LogP contribution in [0.3, 0.4) is 0 Å². The lowest BCUT2D eigenvalue weighted by Gasteiger charge is -2.19. The number of imidazole rings is 1. The number of hydrogen-bond donors (Lipinski definition) is 0. The third-order valence-electron chi connectivity index (χ3n) is 9.54. The molecule has 0 bridgehead atoms. The van der Waals surface area contributed by atoms with Gasteiger partial charge in [0.05, 0.1) is 16.6 Å². The van der Waals surface area contributed by atoms with Gasteiger partial charge in [-0.3, -0.25) is 4.40 Å². The summed E-state index contributed by atoms with van der Waals surface area (Å²) in [6, 6.07) is 57.4. The first-order valence-electron chi connectivity index (χ1n) is 15.5. The SMILES string of the molecule is c1ccc2c(-c3c4ccccc4c(-c4ccc5c(c4)c4ccccc4c4nc6ccccc6n54)c4ccccc34)cccc2c1. The minimum atomic E-state index is 1.00. The van der Waals surface area contributed by atoms with Gasteiger partial charge < -0.3 is 0 Å². The zero-order chi connectivity index (χ0) is 29.5. The second-order valence-electron chi connectivity index (χ2n) is 11.9. The van der Waals surface area contributed by atoms with Gasteiger partial charge in [0.2, 0.25) is 0 Å². The maximum Gasteiger partial charge on any atom is 0.146 e. The predicted octanol–water partition coefficient (Wildman–Crippen LogP) is 11.6. The van der Waals surface area contributed by atoms with Gasteiger partial charge in [0.15, 0.2) is 0 Å². The molecule has 45 heavy (non-hydrogen) atoms.